The molecule has 3 aromatic rings. The lowest BCUT2D eigenvalue weighted by Crippen LogP contribution is -2.41. The zero-order valence-corrected chi connectivity index (χ0v) is 14.3. The molecule has 7 heteroatoms. The molecule has 3 heterocycles. The van der Waals surface area contributed by atoms with Gasteiger partial charge >= 0.3 is 0 Å². The highest BCUT2D eigenvalue weighted by molar-refractivity contribution is 5.93. The van der Waals surface area contributed by atoms with Crippen LogP contribution in [0.1, 0.15) is 12.8 Å². The van der Waals surface area contributed by atoms with Gasteiger partial charge in [0.15, 0.2) is 5.82 Å². The second-order valence-corrected chi connectivity index (χ2v) is 6.33. The van der Waals surface area contributed by atoms with Gasteiger partial charge in [0.1, 0.15) is 12.1 Å². The number of carbonyl (C=O) groups excluding carboxylic acids is 1. The molecular weight excluding hydrogens is 328 g/mol. The number of hydrogen-bond acceptors (Lipinski definition) is 5. The van der Waals surface area contributed by atoms with Gasteiger partial charge in [0.2, 0.25) is 5.91 Å². The number of hydrogen-bond donors (Lipinski definition) is 1. The van der Waals surface area contributed by atoms with Crippen molar-refractivity contribution in [3.63, 3.8) is 0 Å². The van der Waals surface area contributed by atoms with E-state index in [1.807, 2.05) is 48.7 Å². The molecule has 4 rings (SSSR count). The summed E-state index contributed by atoms with van der Waals surface area (Å²) in [5.41, 5.74) is 0.831. The number of carbonyl (C=O) groups is 1. The molecule has 7 nitrogen and oxygen atoms in total. The van der Waals surface area contributed by atoms with Crippen LogP contribution in [-0.2, 0) is 4.79 Å². The molecule has 0 aliphatic carbocycles. The Balaban J connectivity index is 1.47. The van der Waals surface area contributed by atoms with Gasteiger partial charge in [-0.3, -0.25) is 4.79 Å². The molecule has 132 valence electrons. The number of aromatic nitrogens is 4. The summed E-state index contributed by atoms with van der Waals surface area (Å²) < 4.78 is 1.70. The van der Waals surface area contributed by atoms with Crippen LogP contribution in [0.3, 0.4) is 0 Å². The fourth-order valence-electron chi connectivity index (χ4n) is 3.20. The van der Waals surface area contributed by atoms with Crippen molar-refractivity contribution < 1.29 is 4.79 Å². The second-order valence-electron chi connectivity index (χ2n) is 6.33. The van der Waals surface area contributed by atoms with E-state index >= 15 is 0 Å². The third-order valence-corrected chi connectivity index (χ3v) is 4.53. The van der Waals surface area contributed by atoms with E-state index in [4.69, 9.17) is 0 Å². The van der Waals surface area contributed by atoms with Crippen molar-refractivity contribution in [3.8, 4) is 5.82 Å². The Bertz CT molecular complexity index is 865. The van der Waals surface area contributed by atoms with Gasteiger partial charge in [-0.1, -0.05) is 18.2 Å². The van der Waals surface area contributed by atoms with Crippen molar-refractivity contribution in [2.75, 3.05) is 23.3 Å². The highest BCUT2D eigenvalue weighted by Crippen LogP contribution is 2.23. The highest BCUT2D eigenvalue weighted by atomic mass is 16.1. The van der Waals surface area contributed by atoms with Gasteiger partial charge < -0.3 is 10.2 Å². The third kappa shape index (κ3) is 3.56. The normalized spacial score (nSPS) is 17.1. The maximum atomic E-state index is 12.6. The van der Waals surface area contributed by atoms with Crippen LogP contribution in [0.2, 0.25) is 0 Å². The molecular formula is C19H20N6O. The molecule has 26 heavy (non-hydrogen) atoms. The molecule has 1 saturated heterocycles. The summed E-state index contributed by atoms with van der Waals surface area (Å²) in [6, 6.07) is 13.3. The van der Waals surface area contributed by atoms with Crippen LogP contribution in [-0.4, -0.2) is 38.7 Å². The average Bonchev–Trinajstić information content (AvgIpc) is 3.24. The Morgan fingerprint density at radius 1 is 1.12 bits per heavy atom. The molecule has 1 unspecified atom stereocenters. The van der Waals surface area contributed by atoms with Gasteiger partial charge in [0.25, 0.3) is 0 Å². The van der Waals surface area contributed by atoms with Gasteiger partial charge in [-0.15, -0.1) is 0 Å². The molecule has 1 aliphatic rings. The maximum absolute atomic E-state index is 12.6. The standard InChI is InChI=1S/C19H20N6O/c26-19(23-16-7-2-1-3-8-16)15-6-4-10-24(13-15)17-12-18(21-14-20-17)25-11-5-9-22-25/h1-3,5,7-9,11-12,14-15H,4,6,10,13H2,(H,23,26). The SMILES string of the molecule is O=C(Nc1ccccc1)C1CCCN(c2cc(-n3cccn3)ncn2)C1. The molecule has 1 N–H and O–H groups in total. The second kappa shape index (κ2) is 7.35. The maximum Gasteiger partial charge on any atom is 0.229 e. The van der Waals surface area contributed by atoms with E-state index in [-0.39, 0.29) is 11.8 Å². The molecule has 1 aromatic carbocycles. The van der Waals surface area contributed by atoms with Crippen molar-refractivity contribution in [1.29, 1.82) is 0 Å². The molecule has 1 amide bonds. The zero-order valence-electron chi connectivity index (χ0n) is 14.3. The van der Waals surface area contributed by atoms with E-state index in [1.165, 1.54) is 0 Å². The van der Waals surface area contributed by atoms with Crippen LogP contribution in [0.4, 0.5) is 11.5 Å². The lowest BCUT2D eigenvalue weighted by Gasteiger charge is -2.32. The van der Waals surface area contributed by atoms with Crippen molar-refractivity contribution in [2.24, 2.45) is 5.92 Å². The van der Waals surface area contributed by atoms with E-state index in [0.717, 1.165) is 36.7 Å². The summed E-state index contributed by atoms with van der Waals surface area (Å²) in [4.78, 5) is 23.4. The first-order valence-corrected chi connectivity index (χ1v) is 8.72. The molecule has 0 spiro atoms. The molecule has 0 saturated carbocycles. The fraction of sp³-hybridized carbons (Fsp3) is 0.263. The fourth-order valence-corrected chi connectivity index (χ4v) is 3.20. The number of rotatable bonds is 4. The topological polar surface area (TPSA) is 75.9 Å². The van der Waals surface area contributed by atoms with Gasteiger partial charge in [-0.2, -0.15) is 5.10 Å². The van der Waals surface area contributed by atoms with E-state index in [0.29, 0.717) is 6.54 Å². The van der Waals surface area contributed by atoms with Gasteiger partial charge in [-0.05, 0) is 31.0 Å². The van der Waals surface area contributed by atoms with Crippen LogP contribution < -0.4 is 10.2 Å². The quantitative estimate of drug-likeness (QED) is 0.784. The van der Waals surface area contributed by atoms with Gasteiger partial charge in [0.05, 0.1) is 5.92 Å². The number of nitrogens with one attached hydrogen (secondary N) is 1. The highest BCUT2D eigenvalue weighted by Gasteiger charge is 2.26. The van der Waals surface area contributed by atoms with E-state index in [2.05, 4.69) is 25.3 Å². The Kier molecular flexibility index (Phi) is 4.59. The number of benzene rings is 1. The smallest absolute Gasteiger partial charge is 0.229 e. The summed E-state index contributed by atoms with van der Waals surface area (Å²) in [6.07, 6.45) is 6.94. The third-order valence-electron chi connectivity index (χ3n) is 4.53. The molecule has 0 bridgehead atoms. The predicted octanol–water partition coefficient (Wildman–Crippen LogP) is 2.52. The predicted molar refractivity (Wildman–Crippen MR) is 99.2 cm³/mol. The average molecular weight is 348 g/mol. The number of piperidine rings is 1. The minimum Gasteiger partial charge on any atom is -0.356 e. The Labute approximate surface area is 151 Å². The van der Waals surface area contributed by atoms with Crippen molar-refractivity contribution in [1.82, 2.24) is 19.7 Å². The zero-order chi connectivity index (χ0) is 17.8. The monoisotopic (exact) mass is 348 g/mol. The molecule has 2 aromatic heterocycles. The first-order chi connectivity index (χ1) is 12.8. The first kappa shape index (κ1) is 16.3. The molecule has 1 fully saturated rings. The number of amides is 1. The van der Waals surface area contributed by atoms with E-state index in [1.54, 1.807) is 17.2 Å². The van der Waals surface area contributed by atoms with Crippen LogP contribution >= 0.6 is 0 Å². The van der Waals surface area contributed by atoms with Crippen molar-refractivity contribution >= 4 is 17.4 Å². The lowest BCUT2D eigenvalue weighted by atomic mass is 9.97. The summed E-state index contributed by atoms with van der Waals surface area (Å²) in [7, 11) is 0. The van der Waals surface area contributed by atoms with E-state index in [9.17, 15) is 4.79 Å². The van der Waals surface area contributed by atoms with Crippen LogP contribution in [0.5, 0.6) is 0 Å². The van der Waals surface area contributed by atoms with Crippen LogP contribution in [0.25, 0.3) is 5.82 Å². The van der Waals surface area contributed by atoms with Gasteiger partial charge in [-0.25, -0.2) is 14.6 Å². The van der Waals surface area contributed by atoms with Crippen LogP contribution in [0, 0.1) is 5.92 Å². The molecule has 1 atom stereocenters. The number of anilines is 2. The minimum atomic E-state index is -0.0629. The summed E-state index contributed by atoms with van der Waals surface area (Å²) in [6.45, 7) is 1.53. The van der Waals surface area contributed by atoms with Crippen molar-refractivity contribution in [3.05, 3.63) is 61.2 Å². The summed E-state index contributed by atoms with van der Waals surface area (Å²) >= 11 is 0. The Hall–Kier alpha value is -3.22. The van der Waals surface area contributed by atoms with Crippen LogP contribution in [0.15, 0.2) is 61.2 Å². The Morgan fingerprint density at radius 3 is 2.77 bits per heavy atom. The minimum absolute atomic E-state index is 0.0576. The molecule has 1 aliphatic heterocycles. The number of para-hydroxylation sites is 1. The first-order valence-electron chi connectivity index (χ1n) is 8.72. The largest absolute Gasteiger partial charge is 0.356 e. The Morgan fingerprint density at radius 2 is 1.96 bits per heavy atom. The molecule has 0 radical (unpaired) electrons. The van der Waals surface area contributed by atoms with Crippen molar-refractivity contribution in [2.45, 2.75) is 12.8 Å². The summed E-state index contributed by atoms with van der Waals surface area (Å²) in [5, 5.41) is 7.21. The number of nitrogens with zero attached hydrogens (tertiary/aromatic N) is 5. The summed E-state index contributed by atoms with van der Waals surface area (Å²) in [5.74, 6) is 1.54. The van der Waals surface area contributed by atoms with Gasteiger partial charge in [0, 0.05) is 37.2 Å². The lowest BCUT2D eigenvalue weighted by molar-refractivity contribution is -0.120. The van der Waals surface area contributed by atoms with E-state index < -0.39 is 0 Å².